The van der Waals surface area contributed by atoms with E-state index < -0.39 is 0 Å². The average molecular weight is 281 g/mol. The number of rotatable bonds is 3. The molecule has 19 heavy (non-hydrogen) atoms. The highest BCUT2D eigenvalue weighted by molar-refractivity contribution is 6.17. The number of ether oxygens (including phenoxy) is 1. The predicted octanol–water partition coefficient (Wildman–Crippen LogP) is 3.04. The Balaban J connectivity index is 2.34. The van der Waals surface area contributed by atoms with Gasteiger partial charge in [0.15, 0.2) is 0 Å². The molecule has 0 atom stereocenters. The van der Waals surface area contributed by atoms with Gasteiger partial charge in [0.2, 0.25) is 5.88 Å². The number of aryl methyl sites for hydroxylation is 1. The third-order valence-corrected chi connectivity index (χ3v) is 2.87. The standard InChI is InChI=1S/C13H17ClN4O/c1-13(2,3)10-5-9(7-14)6-11(16-10)19-12-15-8-18(4)17-12/h5-6,8H,7H2,1-4H3. The molecule has 102 valence electrons. The van der Waals surface area contributed by atoms with Crippen LogP contribution in [0.5, 0.6) is 11.9 Å². The molecule has 0 radical (unpaired) electrons. The van der Waals surface area contributed by atoms with Crippen molar-refractivity contribution in [1.29, 1.82) is 0 Å². The zero-order chi connectivity index (χ0) is 14.0. The molecule has 0 saturated heterocycles. The van der Waals surface area contributed by atoms with Crippen molar-refractivity contribution in [3.05, 3.63) is 29.7 Å². The lowest BCUT2D eigenvalue weighted by atomic mass is 9.91. The van der Waals surface area contributed by atoms with Crippen LogP contribution in [0.3, 0.4) is 0 Å². The second-order valence-electron chi connectivity index (χ2n) is 5.39. The second kappa shape index (κ2) is 5.17. The lowest BCUT2D eigenvalue weighted by molar-refractivity contribution is 0.415. The summed E-state index contributed by atoms with van der Waals surface area (Å²) in [5, 5.41) is 4.06. The molecule has 0 aliphatic heterocycles. The van der Waals surface area contributed by atoms with Gasteiger partial charge in [-0.05, 0) is 11.6 Å². The fourth-order valence-electron chi connectivity index (χ4n) is 1.53. The van der Waals surface area contributed by atoms with Gasteiger partial charge in [-0.15, -0.1) is 16.7 Å². The van der Waals surface area contributed by atoms with Crippen molar-refractivity contribution < 1.29 is 4.74 Å². The predicted molar refractivity (Wildman–Crippen MR) is 73.6 cm³/mol. The molecular weight excluding hydrogens is 264 g/mol. The minimum absolute atomic E-state index is 0.0717. The summed E-state index contributed by atoms with van der Waals surface area (Å²) in [5.74, 6) is 0.881. The normalized spacial score (nSPS) is 11.6. The third kappa shape index (κ3) is 3.44. The van der Waals surface area contributed by atoms with Gasteiger partial charge < -0.3 is 4.74 Å². The zero-order valence-electron chi connectivity index (χ0n) is 11.5. The van der Waals surface area contributed by atoms with E-state index in [4.69, 9.17) is 16.3 Å². The molecule has 2 heterocycles. The van der Waals surface area contributed by atoms with Crippen molar-refractivity contribution >= 4 is 11.6 Å². The quantitative estimate of drug-likeness (QED) is 0.811. The molecule has 0 aliphatic carbocycles. The number of pyridine rings is 1. The van der Waals surface area contributed by atoms with Gasteiger partial charge in [0.1, 0.15) is 6.33 Å². The van der Waals surface area contributed by atoms with E-state index in [-0.39, 0.29) is 11.4 Å². The van der Waals surface area contributed by atoms with Gasteiger partial charge in [-0.3, -0.25) is 4.68 Å². The first-order valence-electron chi connectivity index (χ1n) is 5.99. The Morgan fingerprint density at radius 2 is 2.05 bits per heavy atom. The zero-order valence-corrected chi connectivity index (χ0v) is 12.3. The number of aromatic nitrogens is 4. The molecule has 0 bridgehead atoms. The summed E-state index contributed by atoms with van der Waals surface area (Å²) in [7, 11) is 1.78. The maximum absolute atomic E-state index is 5.91. The lowest BCUT2D eigenvalue weighted by Crippen LogP contribution is -2.14. The van der Waals surface area contributed by atoms with Crippen LogP contribution in [0.1, 0.15) is 32.0 Å². The Labute approximate surface area is 117 Å². The number of hydrogen-bond acceptors (Lipinski definition) is 4. The summed E-state index contributed by atoms with van der Waals surface area (Å²) in [5.41, 5.74) is 1.82. The van der Waals surface area contributed by atoms with Crippen LogP contribution in [0, 0.1) is 0 Å². The van der Waals surface area contributed by atoms with Crippen molar-refractivity contribution in [2.75, 3.05) is 0 Å². The van der Waals surface area contributed by atoms with E-state index >= 15 is 0 Å². The molecule has 0 spiro atoms. The van der Waals surface area contributed by atoms with Crippen LogP contribution in [-0.4, -0.2) is 19.7 Å². The Morgan fingerprint density at radius 1 is 1.32 bits per heavy atom. The van der Waals surface area contributed by atoms with Gasteiger partial charge in [-0.1, -0.05) is 20.8 Å². The largest absolute Gasteiger partial charge is 0.404 e. The highest BCUT2D eigenvalue weighted by Crippen LogP contribution is 2.26. The summed E-state index contributed by atoms with van der Waals surface area (Å²) in [6.45, 7) is 6.28. The first kappa shape index (κ1) is 13.8. The number of halogens is 1. The summed E-state index contributed by atoms with van der Waals surface area (Å²) < 4.78 is 7.14. The number of nitrogens with zero attached hydrogens (tertiary/aromatic N) is 4. The fourth-order valence-corrected chi connectivity index (χ4v) is 1.69. The van der Waals surface area contributed by atoms with Gasteiger partial charge in [-0.25, -0.2) is 4.98 Å². The van der Waals surface area contributed by atoms with Gasteiger partial charge in [0.05, 0.1) is 5.69 Å². The van der Waals surface area contributed by atoms with E-state index in [9.17, 15) is 0 Å². The summed E-state index contributed by atoms with van der Waals surface area (Å²) >= 11 is 5.91. The van der Waals surface area contributed by atoms with Crippen LogP contribution < -0.4 is 4.74 Å². The Morgan fingerprint density at radius 3 is 2.58 bits per heavy atom. The second-order valence-corrected chi connectivity index (χ2v) is 5.65. The molecule has 6 heteroatoms. The van der Waals surface area contributed by atoms with Gasteiger partial charge in [0.25, 0.3) is 0 Å². The smallest absolute Gasteiger partial charge is 0.342 e. The summed E-state index contributed by atoms with van der Waals surface area (Å²) in [6.07, 6.45) is 1.57. The number of hydrogen-bond donors (Lipinski definition) is 0. The monoisotopic (exact) mass is 280 g/mol. The van der Waals surface area contributed by atoms with E-state index in [2.05, 4.69) is 35.8 Å². The topological polar surface area (TPSA) is 52.8 Å². The van der Waals surface area contributed by atoms with Crippen molar-refractivity contribution in [3.63, 3.8) is 0 Å². The van der Waals surface area contributed by atoms with E-state index in [1.54, 1.807) is 24.1 Å². The molecule has 0 aromatic carbocycles. The molecule has 2 rings (SSSR count). The Bertz CT molecular complexity index is 574. The van der Waals surface area contributed by atoms with Gasteiger partial charge in [0, 0.05) is 24.4 Å². The van der Waals surface area contributed by atoms with E-state index in [0.717, 1.165) is 11.3 Å². The Hall–Kier alpha value is -1.62. The minimum atomic E-state index is -0.0717. The minimum Gasteiger partial charge on any atom is -0.404 e. The van der Waals surface area contributed by atoms with E-state index in [1.165, 1.54) is 0 Å². The molecule has 0 unspecified atom stereocenters. The third-order valence-electron chi connectivity index (χ3n) is 2.56. The Kier molecular flexibility index (Phi) is 3.75. The molecule has 0 fully saturated rings. The average Bonchev–Trinajstić information content (AvgIpc) is 2.73. The van der Waals surface area contributed by atoms with Crippen molar-refractivity contribution in [2.24, 2.45) is 7.05 Å². The van der Waals surface area contributed by atoms with Gasteiger partial charge >= 0.3 is 6.01 Å². The molecular formula is C13H17ClN4O. The maximum Gasteiger partial charge on any atom is 0.342 e. The molecule has 5 nitrogen and oxygen atoms in total. The highest BCUT2D eigenvalue weighted by Gasteiger charge is 2.18. The molecule has 2 aromatic heterocycles. The van der Waals surface area contributed by atoms with Crippen molar-refractivity contribution in [2.45, 2.75) is 32.1 Å². The highest BCUT2D eigenvalue weighted by atomic mass is 35.5. The van der Waals surface area contributed by atoms with E-state index in [1.807, 2.05) is 6.07 Å². The van der Waals surface area contributed by atoms with Crippen LogP contribution in [-0.2, 0) is 18.3 Å². The SMILES string of the molecule is Cn1cnc(Oc2cc(CCl)cc(C(C)(C)C)n2)n1. The van der Waals surface area contributed by atoms with Crippen molar-refractivity contribution in [1.82, 2.24) is 19.7 Å². The molecule has 0 saturated carbocycles. The van der Waals surface area contributed by atoms with Crippen LogP contribution in [0.2, 0.25) is 0 Å². The molecule has 2 aromatic rings. The van der Waals surface area contributed by atoms with Crippen LogP contribution in [0.25, 0.3) is 0 Å². The van der Waals surface area contributed by atoms with Gasteiger partial charge in [-0.2, -0.15) is 4.98 Å². The summed E-state index contributed by atoms with van der Waals surface area (Å²) in [6, 6.07) is 4.08. The first-order chi connectivity index (χ1) is 8.88. The fraction of sp³-hybridized carbons (Fsp3) is 0.462. The molecule has 0 amide bonds. The molecule has 0 aliphatic rings. The first-order valence-corrected chi connectivity index (χ1v) is 6.53. The lowest BCUT2D eigenvalue weighted by Gasteiger charge is -2.19. The summed E-state index contributed by atoms with van der Waals surface area (Å²) in [4.78, 5) is 8.50. The van der Waals surface area contributed by atoms with Crippen LogP contribution >= 0.6 is 11.6 Å². The maximum atomic E-state index is 5.91. The molecule has 0 N–H and O–H groups in total. The van der Waals surface area contributed by atoms with Crippen LogP contribution in [0.4, 0.5) is 0 Å². The van der Waals surface area contributed by atoms with E-state index in [0.29, 0.717) is 11.8 Å². The number of alkyl halides is 1. The van der Waals surface area contributed by atoms with Crippen molar-refractivity contribution in [3.8, 4) is 11.9 Å². The van der Waals surface area contributed by atoms with Crippen LogP contribution in [0.15, 0.2) is 18.5 Å².